The van der Waals surface area contributed by atoms with Crippen LogP contribution in [0.5, 0.6) is 11.8 Å². The number of benzene rings is 1. The fraction of sp³-hybridized carbons (Fsp3) is 0.133. The van der Waals surface area contributed by atoms with E-state index in [-0.39, 0.29) is 12.0 Å². The van der Waals surface area contributed by atoms with Gasteiger partial charge in [-0.05, 0) is 12.1 Å². The number of hydrogen-bond acceptors (Lipinski definition) is 4. The van der Waals surface area contributed by atoms with Crippen LogP contribution >= 0.6 is 0 Å². The van der Waals surface area contributed by atoms with Crippen molar-refractivity contribution in [1.82, 2.24) is 15.3 Å². The zero-order valence-electron chi connectivity index (χ0n) is 11.3. The fourth-order valence-corrected chi connectivity index (χ4v) is 1.97. The molecule has 3 rings (SSSR count). The highest BCUT2D eigenvalue weighted by Gasteiger charge is 2.21. The van der Waals surface area contributed by atoms with Gasteiger partial charge in [0.15, 0.2) is 0 Å². The van der Waals surface area contributed by atoms with Gasteiger partial charge in [-0.2, -0.15) is 0 Å². The maximum absolute atomic E-state index is 11.8. The molecular formula is C15H14N4O2. The third-order valence-corrected chi connectivity index (χ3v) is 3.04. The number of amides is 2. The Morgan fingerprint density at radius 3 is 2.57 bits per heavy atom. The van der Waals surface area contributed by atoms with Gasteiger partial charge in [-0.3, -0.25) is 4.90 Å². The molecule has 0 spiro atoms. The van der Waals surface area contributed by atoms with Crippen LogP contribution in [0.2, 0.25) is 0 Å². The Morgan fingerprint density at radius 1 is 1.19 bits per heavy atom. The number of aromatic nitrogens is 2. The number of nitrogens with one attached hydrogen (secondary N) is 1. The van der Waals surface area contributed by atoms with E-state index < -0.39 is 0 Å². The smallest absolute Gasteiger partial charge is 0.326 e. The first-order valence-electron chi connectivity index (χ1n) is 6.53. The van der Waals surface area contributed by atoms with Crippen molar-refractivity contribution in [2.45, 2.75) is 6.42 Å². The van der Waals surface area contributed by atoms with Crippen molar-refractivity contribution in [3.05, 3.63) is 55.0 Å². The van der Waals surface area contributed by atoms with Crippen molar-refractivity contribution in [1.29, 1.82) is 0 Å². The van der Waals surface area contributed by atoms with Crippen LogP contribution in [0.1, 0.15) is 6.42 Å². The molecule has 2 amide bonds. The van der Waals surface area contributed by atoms with E-state index in [1.807, 2.05) is 30.3 Å². The largest absolute Gasteiger partial charge is 0.424 e. The number of para-hydroxylation sites is 1. The van der Waals surface area contributed by atoms with Gasteiger partial charge in [-0.1, -0.05) is 24.8 Å². The van der Waals surface area contributed by atoms with Gasteiger partial charge in [-0.15, -0.1) is 0 Å². The molecule has 1 aliphatic rings. The highest BCUT2D eigenvalue weighted by atomic mass is 16.5. The van der Waals surface area contributed by atoms with Crippen LogP contribution in [-0.2, 0) is 0 Å². The average molecular weight is 282 g/mol. The van der Waals surface area contributed by atoms with Crippen LogP contribution in [-0.4, -0.2) is 22.5 Å². The molecule has 0 radical (unpaired) electrons. The van der Waals surface area contributed by atoms with Gasteiger partial charge in [0.1, 0.15) is 5.75 Å². The topological polar surface area (TPSA) is 67.3 Å². The first-order chi connectivity index (χ1) is 10.2. The monoisotopic (exact) mass is 282 g/mol. The quantitative estimate of drug-likeness (QED) is 0.939. The first kappa shape index (κ1) is 13.1. The summed E-state index contributed by atoms with van der Waals surface area (Å²) in [6, 6.07) is 9.31. The van der Waals surface area contributed by atoms with Crippen LogP contribution in [0.25, 0.3) is 0 Å². The Labute approximate surface area is 122 Å². The molecule has 1 fully saturated rings. The van der Waals surface area contributed by atoms with Crippen LogP contribution in [0.4, 0.5) is 10.5 Å². The molecule has 106 valence electrons. The minimum atomic E-state index is -0.216. The fourth-order valence-electron chi connectivity index (χ4n) is 1.97. The summed E-state index contributed by atoms with van der Waals surface area (Å²) in [5, 5.41) is 2.69. The second kappa shape index (κ2) is 5.62. The summed E-state index contributed by atoms with van der Waals surface area (Å²) in [7, 11) is 0. The number of carbonyl (C=O) groups excluding carboxylic acids is 1. The molecule has 0 atom stereocenters. The summed E-state index contributed by atoms with van der Waals surface area (Å²) in [4.78, 5) is 21.7. The molecule has 2 aromatic rings. The first-order valence-corrected chi connectivity index (χ1v) is 6.53. The Bertz CT molecular complexity index is 655. The lowest BCUT2D eigenvalue weighted by molar-refractivity contribution is 0.246. The molecule has 1 N–H and O–H groups in total. The lowest BCUT2D eigenvalue weighted by Gasteiger charge is -2.28. The highest BCUT2D eigenvalue weighted by molar-refractivity contribution is 5.93. The molecule has 2 heterocycles. The predicted molar refractivity (Wildman–Crippen MR) is 78.2 cm³/mol. The lowest BCUT2D eigenvalue weighted by Crippen LogP contribution is -2.45. The summed E-state index contributed by atoms with van der Waals surface area (Å²) in [6.45, 7) is 4.31. The van der Waals surface area contributed by atoms with Gasteiger partial charge in [-0.25, -0.2) is 14.8 Å². The van der Waals surface area contributed by atoms with Crippen molar-refractivity contribution in [2.24, 2.45) is 0 Å². The van der Waals surface area contributed by atoms with Crippen LogP contribution in [0, 0.1) is 0 Å². The molecule has 0 unspecified atom stereocenters. The van der Waals surface area contributed by atoms with Gasteiger partial charge in [0.05, 0.1) is 18.1 Å². The molecule has 1 aliphatic heterocycles. The van der Waals surface area contributed by atoms with Gasteiger partial charge in [0.2, 0.25) is 0 Å². The van der Waals surface area contributed by atoms with E-state index in [1.165, 1.54) is 0 Å². The summed E-state index contributed by atoms with van der Waals surface area (Å²) < 4.78 is 5.51. The van der Waals surface area contributed by atoms with Crippen LogP contribution < -0.4 is 15.0 Å². The van der Waals surface area contributed by atoms with Crippen molar-refractivity contribution < 1.29 is 9.53 Å². The van der Waals surface area contributed by atoms with E-state index in [4.69, 9.17) is 4.74 Å². The zero-order valence-corrected chi connectivity index (χ0v) is 11.3. The highest BCUT2D eigenvalue weighted by Crippen LogP contribution is 2.20. The minimum Gasteiger partial charge on any atom is -0.424 e. The number of rotatable bonds is 3. The van der Waals surface area contributed by atoms with Gasteiger partial charge in [0, 0.05) is 18.7 Å². The molecule has 21 heavy (non-hydrogen) atoms. The lowest BCUT2D eigenvalue weighted by atomic mass is 10.2. The Hall–Kier alpha value is -2.89. The van der Waals surface area contributed by atoms with Crippen LogP contribution in [0.15, 0.2) is 55.0 Å². The molecule has 6 nitrogen and oxygen atoms in total. The molecule has 1 aromatic heterocycles. The SMILES string of the molecule is C=C1CCN(c2cnc(Oc3ccccc3)nc2)C(=O)N1. The number of urea groups is 1. The second-order valence-electron chi connectivity index (χ2n) is 4.57. The number of anilines is 1. The molecule has 6 heteroatoms. The number of nitrogens with zero attached hydrogens (tertiary/aromatic N) is 3. The van der Waals surface area contributed by atoms with Crippen molar-refractivity contribution in [2.75, 3.05) is 11.4 Å². The van der Waals surface area contributed by atoms with Gasteiger partial charge in [0.25, 0.3) is 0 Å². The Kier molecular flexibility index (Phi) is 3.51. The third-order valence-electron chi connectivity index (χ3n) is 3.04. The normalized spacial score (nSPS) is 14.8. The summed E-state index contributed by atoms with van der Waals surface area (Å²) in [5.41, 5.74) is 1.35. The number of ether oxygens (including phenoxy) is 1. The number of carbonyl (C=O) groups is 1. The van der Waals surface area contributed by atoms with E-state index in [0.717, 1.165) is 5.70 Å². The maximum Gasteiger partial charge on any atom is 0.326 e. The van der Waals surface area contributed by atoms with Crippen molar-refractivity contribution in [3.63, 3.8) is 0 Å². The molecule has 1 aromatic carbocycles. The van der Waals surface area contributed by atoms with E-state index in [1.54, 1.807) is 17.3 Å². The van der Waals surface area contributed by atoms with Crippen LogP contribution in [0.3, 0.4) is 0 Å². The van der Waals surface area contributed by atoms with Crippen molar-refractivity contribution in [3.8, 4) is 11.8 Å². The average Bonchev–Trinajstić information content (AvgIpc) is 2.49. The minimum absolute atomic E-state index is 0.216. The van der Waals surface area contributed by atoms with E-state index >= 15 is 0 Å². The van der Waals surface area contributed by atoms with E-state index in [9.17, 15) is 4.79 Å². The molecule has 0 saturated carbocycles. The second-order valence-corrected chi connectivity index (χ2v) is 4.57. The molecular weight excluding hydrogens is 268 g/mol. The summed E-state index contributed by atoms with van der Waals surface area (Å²) in [5.74, 6) is 0.664. The van der Waals surface area contributed by atoms with E-state index in [0.29, 0.717) is 24.4 Å². The van der Waals surface area contributed by atoms with Gasteiger partial charge < -0.3 is 10.1 Å². The molecule has 1 saturated heterocycles. The standard InChI is InChI=1S/C15H14N4O2/c1-11-7-8-19(15(20)18-11)12-9-16-14(17-10-12)21-13-5-3-2-4-6-13/h2-6,9-10H,1,7-8H2,(H,18,20). The Balaban J connectivity index is 1.72. The Morgan fingerprint density at radius 2 is 1.90 bits per heavy atom. The molecule has 0 bridgehead atoms. The van der Waals surface area contributed by atoms with E-state index in [2.05, 4.69) is 21.9 Å². The summed E-state index contributed by atoms with van der Waals surface area (Å²) in [6.07, 6.45) is 3.84. The summed E-state index contributed by atoms with van der Waals surface area (Å²) >= 11 is 0. The number of hydrogen-bond donors (Lipinski definition) is 1. The third kappa shape index (κ3) is 3.00. The maximum atomic E-state index is 11.8. The molecule has 0 aliphatic carbocycles. The predicted octanol–water partition coefficient (Wildman–Crippen LogP) is 2.70. The van der Waals surface area contributed by atoms with Gasteiger partial charge >= 0.3 is 12.0 Å². The zero-order chi connectivity index (χ0) is 14.7. The van der Waals surface area contributed by atoms with Crippen molar-refractivity contribution >= 4 is 11.7 Å².